The molecular weight excluding hydrogens is 190 g/mol. The molecule has 1 aromatic heterocycles. The Balaban J connectivity index is 2.37. The maximum Gasteiger partial charge on any atom is 0.297 e. The van der Waals surface area contributed by atoms with Crippen molar-refractivity contribution < 1.29 is 8.78 Å². The summed E-state index contributed by atoms with van der Waals surface area (Å²) in [5, 5.41) is 10.5. The molecule has 0 radical (unpaired) electrons. The molecule has 1 aliphatic rings. The number of rotatable bonds is 2. The lowest BCUT2D eigenvalue weighted by Crippen LogP contribution is -2.34. The van der Waals surface area contributed by atoms with Crippen molar-refractivity contribution >= 4 is 0 Å². The number of nitrogens with one attached hydrogen (secondary N) is 1. The van der Waals surface area contributed by atoms with E-state index in [9.17, 15) is 8.78 Å². The Morgan fingerprint density at radius 2 is 2.36 bits per heavy atom. The normalized spacial score (nSPS) is 21.3. The van der Waals surface area contributed by atoms with E-state index < -0.39 is 6.43 Å². The first-order valence-electron chi connectivity index (χ1n) is 4.68. The number of aromatic nitrogens is 3. The van der Waals surface area contributed by atoms with Crippen LogP contribution < -0.4 is 5.32 Å². The molecule has 0 aliphatic carbocycles. The van der Waals surface area contributed by atoms with E-state index in [-0.39, 0.29) is 11.9 Å². The Bertz CT molecular complexity index is 323. The van der Waals surface area contributed by atoms with Gasteiger partial charge < -0.3 is 9.88 Å². The SMILES string of the molecule is CCC1NCCn2c(C(F)F)nnc21. The topological polar surface area (TPSA) is 42.7 Å². The Hall–Kier alpha value is -1.04. The van der Waals surface area contributed by atoms with Crippen molar-refractivity contribution in [1.29, 1.82) is 0 Å². The largest absolute Gasteiger partial charge is 0.308 e. The summed E-state index contributed by atoms with van der Waals surface area (Å²) < 4.78 is 26.5. The molecule has 1 aliphatic heterocycles. The molecule has 2 heterocycles. The predicted octanol–water partition coefficient (Wildman–Crippen LogP) is 1.27. The van der Waals surface area contributed by atoms with E-state index in [0.717, 1.165) is 6.42 Å². The minimum Gasteiger partial charge on any atom is -0.308 e. The molecule has 1 unspecified atom stereocenters. The average Bonchev–Trinajstić information content (AvgIpc) is 2.60. The molecule has 1 atom stereocenters. The molecule has 1 N–H and O–H groups in total. The highest BCUT2D eigenvalue weighted by molar-refractivity contribution is 5.04. The van der Waals surface area contributed by atoms with Crippen LogP contribution in [0.5, 0.6) is 0 Å². The molecule has 0 amide bonds. The number of hydrogen-bond acceptors (Lipinski definition) is 3. The van der Waals surface area contributed by atoms with Gasteiger partial charge in [-0.3, -0.25) is 0 Å². The molecule has 0 spiro atoms. The number of halogens is 2. The molecule has 6 heteroatoms. The van der Waals surface area contributed by atoms with Crippen LogP contribution in [0.1, 0.15) is 37.5 Å². The molecule has 78 valence electrons. The fraction of sp³-hybridized carbons (Fsp3) is 0.750. The fourth-order valence-electron chi connectivity index (χ4n) is 1.74. The van der Waals surface area contributed by atoms with Gasteiger partial charge in [-0.2, -0.15) is 0 Å². The van der Waals surface area contributed by atoms with Crippen LogP contribution >= 0.6 is 0 Å². The first kappa shape index (κ1) is 9.51. The Labute approximate surface area is 80.3 Å². The van der Waals surface area contributed by atoms with Gasteiger partial charge in [0, 0.05) is 13.1 Å². The summed E-state index contributed by atoms with van der Waals surface area (Å²) in [5.74, 6) is 0.425. The number of nitrogens with zero attached hydrogens (tertiary/aromatic N) is 3. The minimum absolute atomic E-state index is 0.0590. The van der Waals surface area contributed by atoms with E-state index >= 15 is 0 Å². The van der Waals surface area contributed by atoms with Crippen molar-refractivity contribution in [3.63, 3.8) is 0 Å². The lowest BCUT2D eigenvalue weighted by atomic mass is 10.2. The molecule has 0 aromatic carbocycles. The molecule has 1 aromatic rings. The lowest BCUT2D eigenvalue weighted by Gasteiger charge is -2.23. The summed E-state index contributed by atoms with van der Waals surface area (Å²) in [4.78, 5) is 0. The third-order valence-electron chi connectivity index (χ3n) is 2.45. The van der Waals surface area contributed by atoms with E-state index in [0.29, 0.717) is 18.9 Å². The smallest absolute Gasteiger partial charge is 0.297 e. The van der Waals surface area contributed by atoms with Gasteiger partial charge in [0.05, 0.1) is 6.04 Å². The standard InChI is InChI=1S/C8H12F2N4/c1-2-5-7-12-13-8(6(9)10)14(7)4-3-11-5/h5-6,11H,2-4H2,1H3. The molecule has 0 saturated heterocycles. The van der Waals surface area contributed by atoms with Gasteiger partial charge in [0.2, 0.25) is 0 Å². The second-order valence-corrected chi connectivity index (χ2v) is 3.28. The summed E-state index contributed by atoms with van der Waals surface area (Å²) in [6.07, 6.45) is -1.70. The molecule has 0 saturated carbocycles. The van der Waals surface area contributed by atoms with Crippen molar-refractivity contribution in [3.05, 3.63) is 11.6 Å². The maximum atomic E-state index is 12.5. The van der Waals surface area contributed by atoms with Crippen LogP contribution in [-0.4, -0.2) is 21.3 Å². The lowest BCUT2D eigenvalue weighted by molar-refractivity contribution is 0.133. The second kappa shape index (κ2) is 3.61. The Kier molecular flexibility index (Phi) is 2.45. The highest BCUT2D eigenvalue weighted by Crippen LogP contribution is 2.24. The van der Waals surface area contributed by atoms with Crippen molar-refractivity contribution in [1.82, 2.24) is 20.1 Å². The zero-order valence-electron chi connectivity index (χ0n) is 7.87. The van der Waals surface area contributed by atoms with Crippen LogP contribution in [0.15, 0.2) is 0 Å². The first-order valence-corrected chi connectivity index (χ1v) is 4.68. The fourth-order valence-corrected chi connectivity index (χ4v) is 1.74. The molecule has 0 fully saturated rings. The van der Waals surface area contributed by atoms with Gasteiger partial charge >= 0.3 is 0 Å². The summed E-state index contributed by atoms with van der Waals surface area (Å²) >= 11 is 0. The van der Waals surface area contributed by atoms with Crippen LogP contribution in [0, 0.1) is 0 Å². The van der Waals surface area contributed by atoms with E-state index in [1.54, 1.807) is 0 Å². The van der Waals surface area contributed by atoms with Crippen LogP contribution in [-0.2, 0) is 6.54 Å². The summed E-state index contributed by atoms with van der Waals surface area (Å²) in [6, 6.07) is 0.0590. The van der Waals surface area contributed by atoms with Crippen LogP contribution in [0.3, 0.4) is 0 Å². The summed E-state index contributed by atoms with van der Waals surface area (Å²) in [5.41, 5.74) is 0. The highest BCUT2D eigenvalue weighted by atomic mass is 19.3. The van der Waals surface area contributed by atoms with Crippen LogP contribution in [0.2, 0.25) is 0 Å². The quantitative estimate of drug-likeness (QED) is 0.785. The third kappa shape index (κ3) is 1.39. The molecular formula is C8H12F2N4. The molecule has 4 nitrogen and oxygen atoms in total. The Morgan fingerprint density at radius 1 is 1.57 bits per heavy atom. The van der Waals surface area contributed by atoms with E-state index in [4.69, 9.17) is 0 Å². The van der Waals surface area contributed by atoms with Crippen molar-refractivity contribution in [2.45, 2.75) is 32.4 Å². The number of alkyl halides is 2. The Morgan fingerprint density at radius 3 is 3.00 bits per heavy atom. The van der Waals surface area contributed by atoms with Gasteiger partial charge in [0.25, 0.3) is 6.43 Å². The van der Waals surface area contributed by atoms with Crippen molar-refractivity contribution in [2.24, 2.45) is 0 Å². The predicted molar refractivity (Wildman–Crippen MR) is 46.0 cm³/mol. The van der Waals surface area contributed by atoms with E-state index in [2.05, 4.69) is 15.5 Å². The number of hydrogen-bond donors (Lipinski definition) is 1. The average molecular weight is 202 g/mol. The summed E-state index contributed by atoms with van der Waals surface area (Å²) in [6.45, 7) is 3.21. The summed E-state index contributed by atoms with van der Waals surface area (Å²) in [7, 11) is 0. The third-order valence-corrected chi connectivity index (χ3v) is 2.45. The first-order chi connectivity index (χ1) is 6.74. The molecule has 0 bridgehead atoms. The van der Waals surface area contributed by atoms with Gasteiger partial charge in [0.15, 0.2) is 5.82 Å². The van der Waals surface area contributed by atoms with E-state index in [1.165, 1.54) is 4.57 Å². The van der Waals surface area contributed by atoms with Gasteiger partial charge in [-0.1, -0.05) is 6.92 Å². The molecule has 14 heavy (non-hydrogen) atoms. The van der Waals surface area contributed by atoms with Crippen molar-refractivity contribution in [3.8, 4) is 0 Å². The zero-order chi connectivity index (χ0) is 10.1. The van der Waals surface area contributed by atoms with Gasteiger partial charge in [0.1, 0.15) is 5.82 Å². The van der Waals surface area contributed by atoms with Gasteiger partial charge in [-0.15, -0.1) is 10.2 Å². The van der Waals surface area contributed by atoms with Gasteiger partial charge in [-0.25, -0.2) is 8.78 Å². The van der Waals surface area contributed by atoms with Crippen LogP contribution in [0.25, 0.3) is 0 Å². The number of fused-ring (bicyclic) bond motifs is 1. The molecule has 2 rings (SSSR count). The zero-order valence-corrected chi connectivity index (χ0v) is 7.87. The van der Waals surface area contributed by atoms with E-state index in [1.807, 2.05) is 6.92 Å². The maximum absolute atomic E-state index is 12.5. The van der Waals surface area contributed by atoms with Crippen LogP contribution in [0.4, 0.5) is 8.78 Å². The highest BCUT2D eigenvalue weighted by Gasteiger charge is 2.26. The minimum atomic E-state index is -2.54. The monoisotopic (exact) mass is 202 g/mol. The van der Waals surface area contributed by atoms with Gasteiger partial charge in [-0.05, 0) is 6.42 Å². The van der Waals surface area contributed by atoms with Crippen molar-refractivity contribution in [2.75, 3.05) is 6.54 Å². The second-order valence-electron chi connectivity index (χ2n) is 3.28.